The number of carbonyl (C=O) groups is 1. The molecule has 0 aromatic heterocycles. The Labute approximate surface area is 142 Å². The van der Waals surface area contributed by atoms with Crippen molar-refractivity contribution >= 4 is 5.97 Å². The van der Waals surface area contributed by atoms with Crippen LogP contribution in [0.3, 0.4) is 0 Å². The largest absolute Gasteiger partial charge is 0.478 e. The fraction of sp³-hybridized carbons (Fsp3) is 0.857. The Balaban J connectivity index is 1.62. The van der Waals surface area contributed by atoms with Gasteiger partial charge in [0, 0.05) is 6.08 Å². The van der Waals surface area contributed by atoms with Crippen molar-refractivity contribution in [2.75, 3.05) is 0 Å². The molecule has 0 aromatic carbocycles. The van der Waals surface area contributed by atoms with Crippen molar-refractivity contribution in [1.82, 2.24) is 0 Å². The number of unbranched alkanes of at least 4 members (excludes halogenated alkanes) is 2. The molecule has 2 aliphatic carbocycles. The molecule has 0 spiro atoms. The van der Waals surface area contributed by atoms with Crippen molar-refractivity contribution < 1.29 is 9.90 Å². The maximum atomic E-state index is 10.5. The number of hydrogen-bond acceptors (Lipinski definition) is 1. The second-order valence-electron chi connectivity index (χ2n) is 8.03. The van der Waals surface area contributed by atoms with Crippen LogP contribution in [0.5, 0.6) is 0 Å². The summed E-state index contributed by atoms with van der Waals surface area (Å²) < 4.78 is 0. The van der Waals surface area contributed by atoms with E-state index in [1.165, 1.54) is 83.1 Å². The van der Waals surface area contributed by atoms with Crippen molar-refractivity contribution in [2.24, 2.45) is 23.7 Å². The van der Waals surface area contributed by atoms with Crippen molar-refractivity contribution in [3.05, 3.63) is 12.2 Å². The van der Waals surface area contributed by atoms with E-state index in [0.29, 0.717) is 0 Å². The third kappa shape index (κ3) is 6.69. The standard InChI is InChI=1S/C21H36O2/c1-2-3-4-6-17-9-13-19(14-10-17)20-15-11-18(12-16-20)7-5-8-21(22)23/h5,8,17-20H,2-4,6-7,9-16H2,1H3,(H,22,23). The van der Waals surface area contributed by atoms with Gasteiger partial charge in [-0.2, -0.15) is 0 Å². The molecule has 0 aromatic rings. The third-order valence-corrected chi connectivity index (χ3v) is 6.40. The highest BCUT2D eigenvalue weighted by Gasteiger charge is 2.30. The van der Waals surface area contributed by atoms with Gasteiger partial charge < -0.3 is 5.11 Å². The Hall–Kier alpha value is -0.790. The zero-order valence-corrected chi connectivity index (χ0v) is 15.0. The SMILES string of the molecule is CCCCCC1CCC(C2CCC(CC=CC(=O)O)CC2)CC1. The lowest BCUT2D eigenvalue weighted by Crippen LogP contribution is -2.25. The van der Waals surface area contributed by atoms with Crippen LogP contribution < -0.4 is 0 Å². The summed E-state index contributed by atoms with van der Waals surface area (Å²) >= 11 is 0. The summed E-state index contributed by atoms with van der Waals surface area (Å²) in [6.45, 7) is 2.30. The lowest BCUT2D eigenvalue weighted by Gasteiger charge is -2.37. The highest BCUT2D eigenvalue weighted by molar-refractivity contribution is 5.79. The van der Waals surface area contributed by atoms with E-state index in [1.807, 2.05) is 6.08 Å². The molecule has 0 atom stereocenters. The number of carboxylic acid groups (broad SMARTS) is 1. The number of carboxylic acids is 1. The number of hydrogen-bond donors (Lipinski definition) is 1. The van der Waals surface area contributed by atoms with Crippen LogP contribution >= 0.6 is 0 Å². The van der Waals surface area contributed by atoms with Crippen LogP contribution in [0.1, 0.15) is 90.4 Å². The topological polar surface area (TPSA) is 37.3 Å². The molecule has 23 heavy (non-hydrogen) atoms. The monoisotopic (exact) mass is 320 g/mol. The minimum absolute atomic E-state index is 0.729. The molecule has 2 rings (SSSR count). The molecule has 2 saturated carbocycles. The van der Waals surface area contributed by atoms with Gasteiger partial charge in [0.1, 0.15) is 0 Å². The molecular formula is C21H36O2. The van der Waals surface area contributed by atoms with Crippen LogP contribution in [0.15, 0.2) is 12.2 Å². The molecule has 0 aliphatic heterocycles. The molecule has 2 fully saturated rings. The molecule has 0 amide bonds. The van der Waals surface area contributed by atoms with E-state index in [1.54, 1.807) is 0 Å². The van der Waals surface area contributed by atoms with E-state index in [2.05, 4.69) is 6.92 Å². The highest BCUT2D eigenvalue weighted by atomic mass is 16.4. The van der Waals surface area contributed by atoms with Gasteiger partial charge in [-0.05, 0) is 68.6 Å². The molecule has 0 saturated heterocycles. The fourth-order valence-corrected chi connectivity index (χ4v) is 4.89. The number of rotatable bonds is 8. The number of aliphatic carboxylic acids is 1. The average Bonchev–Trinajstić information content (AvgIpc) is 2.56. The van der Waals surface area contributed by atoms with Gasteiger partial charge in [-0.3, -0.25) is 0 Å². The summed E-state index contributed by atoms with van der Waals surface area (Å²) in [5.41, 5.74) is 0. The van der Waals surface area contributed by atoms with Gasteiger partial charge in [0.2, 0.25) is 0 Å². The summed E-state index contributed by atoms with van der Waals surface area (Å²) in [5, 5.41) is 8.66. The van der Waals surface area contributed by atoms with Crippen molar-refractivity contribution in [3.8, 4) is 0 Å². The Morgan fingerprint density at radius 2 is 1.48 bits per heavy atom. The predicted molar refractivity (Wildman–Crippen MR) is 96.4 cm³/mol. The first-order valence-corrected chi connectivity index (χ1v) is 10.1. The molecule has 2 heteroatoms. The molecular weight excluding hydrogens is 284 g/mol. The van der Waals surface area contributed by atoms with Gasteiger partial charge in [-0.15, -0.1) is 0 Å². The molecule has 0 unspecified atom stereocenters. The van der Waals surface area contributed by atoms with Crippen LogP contribution in [0, 0.1) is 23.7 Å². The Bertz CT molecular complexity index is 358. The number of allylic oxidation sites excluding steroid dienone is 1. The van der Waals surface area contributed by atoms with E-state index < -0.39 is 5.97 Å². The van der Waals surface area contributed by atoms with E-state index >= 15 is 0 Å². The van der Waals surface area contributed by atoms with Crippen LogP contribution in [0.2, 0.25) is 0 Å². The first kappa shape index (κ1) is 18.5. The third-order valence-electron chi connectivity index (χ3n) is 6.40. The maximum Gasteiger partial charge on any atom is 0.327 e. The minimum Gasteiger partial charge on any atom is -0.478 e. The zero-order valence-electron chi connectivity index (χ0n) is 15.0. The van der Waals surface area contributed by atoms with Crippen LogP contribution in [0.4, 0.5) is 0 Å². The lowest BCUT2D eigenvalue weighted by atomic mass is 9.68. The second-order valence-corrected chi connectivity index (χ2v) is 8.03. The first-order valence-electron chi connectivity index (χ1n) is 10.1. The highest BCUT2D eigenvalue weighted by Crippen LogP contribution is 2.42. The van der Waals surface area contributed by atoms with Gasteiger partial charge in [-0.25, -0.2) is 4.79 Å². The van der Waals surface area contributed by atoms with Gasteiger partial charge in [0.15, 0.2) is 0 Å². The van der Waals surface area contributed by atoms with Crippen LogP contribution in [-0.2, 0) is 4.79 Å². The Morgan fingerprint density at radius 3 is 2.00 bits per heavy atom. The normalized spacial score (nSPS) is 32.2. The van der Waals surface area contributed by atoms with Crippen LogP contribution in [0.25, 0.3) is 0 Å². The molecule has 0 heterocycles. The predicted octanol–water partition coefficient (Wildman–Crippen LogP) is 6.21. The summed E-state index contributed by atoms with van der Waals surface area (Å²) in [6.07, 6.45) is 21.1. The fourth-order valence-electron chi connectivity index (χ4n) is 4.89. The molecule has 0 bridgehead atoms. The van der Waals surface area contributed by atoms with Crippen molar-refractivity contribution in [1.29, 1.82) is 0 Å². The Morgan fingerprint density at radius 1 is 0.913 bits per heavy atom. The molecule has 132 valence electrons. The lowest BCUT2D eigenvalue weighted by molar-refractivity contribution is -0.131. The smallest absolute Gasteiger partial charge is 0.327 e. The second kappa shape index (κ2) is 10.2. The summed E-state index contributed by atoms with van der Waals surface area (Å²) in [6, 6.07) is 0. The Kier molecular flexibility index (Phi) is 8.19. The quantitative estimate of drug-likeness (QED) is 0.426. The average molecular weight is 321 g/mol. The molecule has 2 aliphatic rings. The molecule has 2 nitrogen and oxygen atoms in total. The minimum atomic E-state index is -0.811. The summed E-state index contributed by atoms with van der Waals surface area (Å²) in [4.78, 5) is 10.5. The summed E-state index contributed by atoms with van der Waals surface area (Å²) in [5.74, 6) is 2.90. The molecule has 1 N–H and O–H groups in total. The van der Waals surface area contributed by atoms with Crippen molar-refractivity contribution in [2.45, 2.75) is 90.4 Å². The molecule has 0 radical (unpaired) electrons. The van der Waals surface area contributed by atoms with Crippen LogP contribution in [-0.4, -0.2) is 11.1 Å². The van der Waals surface area contributed by atoms with Gasteiger partial charge in [0.25, 0.3) is 0 Å². The zero-order chi connectivity index (χ0) is 16.5. The van der Waals surface area contributed by atoms with E-state index in [4.69, 9.17) is 5.11 Å². The van der Waals surface area contributed by atoms with E-state index in [9.17, 15) is 4.79 Å². The van der Waals surface area contributed by atoms with Crippen molar-refractivity contribution in [3.63, 3.8) is 0 Å². The maximum absolute atomic E-state index is 10.5. The summed E-state index contributed by atoms with van der Waals surface area (Å²) in [7, 11) is 0. The van der Waals surface area contributed by atoms with Gasteiger partial charge >= 0.3 is 5.97 Å². The van der Waals surface area contributed by atoms with E-state index in [0.717, 1.165) is 30.1 Å². The van der Waals surface area contributed by atoms with Gasteiger partial charge in [0.05, 0.1) is 0 Å². The first-order chi connectivity index (χ1) is 11.2. The van der Waals surface area contributed by atoms with Gasteiger partial charge in [-0.1, -0.05) is 51.5 Å². The van der Waals surface area contributed by atoms with E-state index in [-0.39, 0.29) is 0 Å².